The molecule has 1 heterocycles. The number of nitrogens with zero attached hydrogens (tertiary/aromatic N) is 2. The van der Waals surface area contributed by atoms with Crippen LogP contribution in [0.4, 0.5) is 30.5 Å². The summed E-state index contributed by atoms with van der Waals surface area (Å²) in [4.78, 5) is 8.32. The summed E-state index contributed by atoms with van der Waals surface area (Å²) in [6.45, 7) is 1.70. The maximum atomic E-state index is 13.6. The Morgan fingerprint density at radius 2 is 1.76 bits per heavy atom. The Bertz CT molecular complexity index is 686. The molecule has 0 amide bonds. The van der Waals surface area contributed by atoms with E-state index < -0.39 is 17.5 Å². The van der Waals surface area contributed by atoms with Crippen LogP contribution in [0.15, 0.2) is 18.2 Å². The minimum Gasteiger partial charge on any atom is -0.367 e. The molecule has 1 aliphatic rings. The molecule has 1 aromatic carbocycles. The Morgan fingerprint density at radius 3 is 2.48 bits per heavy atom. The van der Waals surface area contributed by atoms with Gasteiger partial charge in [0.15, 0.2) is 17.5 Å². The molecular formula is C14H13F3N4. The monoisotopic (exact) mass is 294 g/mol. The lowest BCUT2D eigenvalue weighted by molar-refractivity contribution is 0.449. The highest BCUT2D eigenvalue weighted by molar-refractivity contribution is 5.60. The van der Waals surface area contributed by atoms with E-state index in [1.807, 2.05) is 0 Å². The molecule has 0 radical (unpaired) electrons. The van der Waals surface area contributed by atoms with Crippen LogP contribution in [0.1, 0.15) is 18.7 Å². The first-order chi connectivity index (χ1) is 10.0. The van der Waals surface area contributed by atoms with Crippen molar-refractivity contribution < 1.29 is 13.2 Å². The van der Waals surface area contributed by atoms with E-state index in [9.17, 15) is 13.2 Å². The van der Waals surface area contributed by atoms with Crippen LogP contribution < -0.4 is 10.6 Å². The Hall–Kier alpha value is -2.31. The molecule has 0 spiro atoms. The Balaban J connectivity index is 1.87. The van der Waals surface area contributed by atoms with Crippen LogP contribution in [0.3, 0.4) is 0 Å². The molecular weight excluding hydrogens is 281 g/mol. The van der Waals surface area contributed by atoms with Gasteiger partial charge >= 0.3 is 0 Å². The molecule has 1 saturated carbocycles. The fourth-order valence-corrected chi connectivity index (χ4v) is 1.90. The van der Waals surface area contributed by atoms with Crippen molar-refractivity contribution in [1.29, 1.82) is 0 Å². The van der Waals surface area contributed by atoms with Crippen LogP contribution in [0.25, 0.3) is 0 Å². The van der Waals surface area contributed by atoms with Gasteiger partial charge in [-0.25, -0.2) is 23.1 Å². The van der Waals surface area contributed by atoms with E-state index in [4.69, 9.17) is 0 Å². The Labute approximate surface area is 119 Å². The van der Waals surface area contributed by atoms with E-state index in [0.717, 1.165) is 25.0 Å². The molecule has 0 saturated heterocycles. The predicted octanol–water partition coefficient (Wildman–Crippen LogP) is 3.52. The van der Waals surface area contributed by atoms with E-state index in [0.29, 0.717) is 23.5 Å². The number of rotatable bonds is 4. The highest BCUT2D eigenvalue weighted by Crippen LogP contribution is 2.26. The second kappa shape index (κ2) is 5.23. The summed E-state index contributed by atoms with van der Waals surface area (Å²) >= 11 is 0. The number of nitrogens with one attached hydrogen (secondary N) is 2. The van der Waals surface area contributed by atoms with E-state index >= 15 is 0 Å². The standard InChI is InChI=1S/C14H13F3N4/c1-7-18-11(20-8-2-3-8)6-12(19-7)21-10-5-4-9(15)13(16)14(10)17/h4-6,8H,2-3H2,1H3,(H2,18,19,20,21). The summed E-state index contributed by atoms with van der Waals surface area (Å²) in [5.74, 6) is -2.59. The van der Waals surface area contributed by atoms with Crippen molar-refractivity contribution in [2.45, 2.75) is 25.8 Å². The molecule has 1 aromatic heterocycles. The summed E-state index contributed by atoms with van der Waals surface area (Å²) in [6.07, 6.45) is 2.17. The zero-order valence-electron chi connectivity index (χ0n) is 11.3. The topological polar surface area (TPSA) is 49.8 Å². The van der Waals surface area contributed by atoms with Gasteiger partial charge in [0.1, 0.15) is 17.5 Å². The van der Waals surface area contributed by atoms with E-state index in [1.54, 1.807) is 13.0 Å². The summed E-state index contributed by atoms with van der Waals surface area (Å²) < 4.78 is 39.7. The molecule has 3 rings (SSSR count). The van der Waals surface area contributed by atoms with Crippen molar-refractivity contribution in [3.05, 3.63) is 41.5 Å². The van der Waals surface area contributed by atoms with Crippen molar-refractivity contribution in [2.75, 3.05) is 10.6 Å². The molecule has 2 aromatic rings. The van der Waals surface area contributed by atoms with E-state index in [-0.39, 0.29) is 5.69 Å². The largest absolute Gasteiger partial charge is 0.367 e. The van der Waals surface area contributed by atoms with Gasteiger partial charge in [-0.2, -0.15) is 0 Å². The maximum Gasteiger partial charge on any atom is 0.196 e. The van der Waals surface area contributed by atoms with Gasteiger partial charge in [-0.05, 0) is 31.9 Å². The quantitative estimate of drug-likeness (QED) is 0.847. The van der Waals surface area contributed by atoms with Crippen LogP contribution in [0, 0.1) is 24.4 Å². The van der Waals surface area contributed by atoms with Crippen molar-refractivity contribution >= 4 is 17.3 Å². The molecule has 4 nitrogen and oxygen atoms in total. The SMILES string of the molecule is Cc1nc(Nc2ccc(F)c(F)c2F)cc(NC2CC2)n1. The van der Waals surface area contributed by atoms with E-state index in [1.165, 1.54) is 0 Å². The van der Waals surface area contributed by atoms with Gasteiger partial charge in [-0.3, -0.25) is 0 Å². The number of aryl methyl sites for hydroxylation is 1. The van der Waals surface area contributed by atoms with Gasteiger partial charge in [-0.1, -0.05) is 0 Å². The lowest BCUT2D eigenvalue weighted by Crippen LogP contribution is -2.07. The third-order valence-electron chi connectivity index (χ3n) is 3.07. The Morgan fingerprint density at radius 1 is 1.05 bits per heavy atom. The first-order valence-electron chi connectivity index (χ1n) is 6.55. The maximum absolute atomic E-state index is 13.6. The molecule has 0 unspecified atom stereocenters. The third kappa shape index (κ3) is 3.07. The molecule has 0 aliphatic heterocycles. The molecule has 21 heavy (non-hydrogen) atoms. The van der Waals surface area contributed by atoms with Crippen molar-refractivity contribution in [2.24, 2.45) is 0 Å². The fourth-order valence-electron chi connectivity index (χ4n) is 1.90. The van der Waals surface area contributed by atoms with Crippen molar-refractivity contribution in [1.82, 2.24) is 9.97 Å². The number of benzene rings is 1. The van der Waals surface area contributed by atoms with Crippen molar-refractivity contribution in [3.8, 4) is 0 Å². The van der Waals surface area contributed by atoms with Crippen LogP contribution in [0.5, 0.6) is 0 Å². The molecule has 0 bridgehead atoms. The zero-order valence-corrected chi connectivity index (χ0v) is 11.3. The summed E-state index contributed by atoms with van der Waals surface area (Å²) in [6, 6.07) is 4.00. The minimum absolute atomic E-state index is 0.177. The first kappa shape index (κ1) is 13.7. The fraction of sp³-hybridized carbons (Fsp3) is 0.286. The number of aromatic nitrogens is 2. The van der Waals surface area contributed by atoms with Crippen LogP contribution >= 0.6 is 0 Å². The summed E-state index contributed by atoms with van der Waals surface area (Å²) in [7, 11) is 0. The summed E-state index contributed by atoms with van der Waals surface area (Å²) in [5.41, 5.74) is -0.177. The van der Waals surface area contributed by atoms with Crippen LogP contribution in [-0.4, -0.2) is 16.0 Å². The van der Waals surface area contributed by atoms with Gasteiger partial charge < -0.3 is 10.6 Å². The average Bonchev–Trinajstić information content (AvgIpc) is 3.23. The zero-order chi connectivity index (χ0) is 15.0. The lowest BCUT2D eigenvalue weighted by atomic mass is 10.2. The molecule has 2 N–H and O–H groups in total. The summed E-state index contributed by atoms with van der Waals surface area (Å²) in [5, 5.41) is 5.84. The predicted molar refractivity (Wildman–Crippen MR) is 73.0 cm³/mol. The van der Waals surface area contributed by atoms with Crippen molar-refractivity contribution in [3.63, 3.8) is 0 Å². The number of anilines is 3. The molecule has 110 valence electrons. The lowest BCUT2D eigenvalue weighted by Gasteiger charge is -2.10. The smallest absolute Gasteiger partial charge is 0.196 e. The third-order valence-corrected chi connectivity index (χ3v) is 3.07. The highest BCUT2D eigenvalue weighted by Gasteiger charge is 2.22. The van der Waals surface area contributed by atoms with Gasteiger partial charge in [0.05, 0.1) is 5.69 Å². The number of hydrogen-bond acceptors (Lipinski definition) is 4. The number of halogens is 3. The molecule has 1 aliphatic carbocycles. The van der Waals surface area contributed by atoms with Gasteiger partial charge in [-0.15, -0.1) is 0 Å². The van der Waals surface area contributed by atoms with Crippen LogP contribution in [-0.2, 0) is 0 Å². The van der Waals surface area contributed by atoms with Crippen LogP contribution in [0.2, 0.25) is 0 Å². The Kier molecular flexibility index (Phi) is 3.40. The second-order valence-electron chi connectivity index (χ2n) is 4.95. The number of hydrogen-bond donors (Lipinski definition) is 2. The normalized spacial score (nSPS) is 14.1. The molecule has 0 atom stereocenters. The van der Waals surface area contributed by atoms with Gasteiger partial charge in [0.2, 0.25) is 0 Å². The van der Waals surface area contributed by atoms with Gasteiger partial charge in [0, 0.05) is 12.1 Å². The first-order valence-corrected chi connectivity index (χ1v) is 6.55. The minimum atomic E-state index is -1.51. The highest BCUT2D eigenvalue weighted by atomic mass is 19.2. The molecule has 1 fully saturated rings. The average molecular weight is 294 g/mol. The van der Waals surface area contributed by atoms with Gasteiger partial charge in [0.25, 0.3) is 0 Å². The van der Waals surface area contributed by atoms with E-state index in [2.05, 4.69) is 20.6 Å². The molecule has 7 heteroatoms. The second-order valence-corrected chi connectivity index (χ2v) is 4.95.